The van der Waals surface area contributed by atoms with Gasteiger partial charge in [0.15, 0.2) is 0 Å². The Balaban J connectivity index is 1.70. The van der Waals surface area contributed by atoms with Gasteiger partial charge in [-0.1, -0.05) is 6.08 Å². The molecule has 2 aliphatic rings. The van der Waals surface area contributed by atoms with Gasteiger partial charge in [0, 0.05) is 36.5 Å². The largest absolute Gasteiger partial charge is 0.481 e. The molecule has 1 N–H and O–H groups in total. The smallest absolute Gasteiger partial charge is 0.253 e. The number of nitrogens with zero attached hydrogens (tertiary/aromatic N) is 3. The molecule has 1 atom stereocenters. The summed E-state index contributed by atoms with van der Waals surface area (Å²) in [7, 11) is 3.50. The molecular weight excluding hydrogens is 328 g/mol. The number of aromatic nitrogens is 2. The van der Waals surface area contributed by atoms with Crippen LogP contribution in [0.25, 0.3) is 5.57 Å². The van der Waals surface area contributed by atoms with Gasteiger partial charge in [0.2, 0.25) is 0 Å². The summed E-state index contributed by atoms with van der Waals surface area (Å²) in [5.41, 5.74) is 4.36. The second-order valence-corrected chi connectivity index (χ2v) is 6.31. The maximum Gasteiger partial charge on any atom is 0.253 e. The number of allylic oxidation sites excluding steroid dienone is 2. The molecule has 0 saturated carbocycles. The van der Waals surface area contributed by atoms with Crippen molar-refractivity contribution in [3.63, 3.8) is 0 Å². The SMILES string of the molecule is CN(C)C(=O)C1=CC=CC2Oc3ccc(Nc4ccnnc4)cc3C2=C1. The molecule has 4 rings (SSSR count). The minimum Gasteiger partial charge on any atom is -0.481 e. The van der Waals surface area contributed by atoms with Crippen LogP contribution in [-0.2, 0) is 4.79 Å². The van der Waals surface area contributed by atoms with Crippen LogP contribution in [0.15, 0.2) is 66.5 Å². The number of anilines is 2. The van der Waals surface area contributed by atoms with Crippen LogP contribution in [-0.4, -0.2) is 41.2 Å². The second-order valence-electron chi connectivity index (χ2n) is 6.31. The molecule has 1 aliphatic carbocycles. The van der Waals surface area contributed by atoms with Crippen LogP contribution < -0.4 is 10.1 Å². The lowest BCUT2D eigenvalue weighted by atomic mass is 10.00. The maximum atomic E-state index is 12.4. The number of hydrogen-bond donors (Lipinski definition) is 1. The van der Waals surface area contributed by atoms with Crippen LogP contribution in [0.5, 0.6) is 5.75 Å². The monoisotopic (exact) mass is 346 g/mol. The first-order valence-corrected chi connectivity index (χ1v) is 8.28. The fourth-order valence-electron chi connectivity index (χ4n) is 2.99. The number of rotatable bonds is 3. The number of fused-ring (bicyclic) bond motifs is 3. The second kappa shape index (κ2) is 6.48. The Morgan fingerprint density at radius 2 is 2.08 bits per heavy atom. The van der Waals surface area contributed by atoms with Crippen molar-refractivity contribution in [2.45, 2.75) is 6.10 Å². The van der Waals surface area contributed by atoms with E-state index in [1.165, 1.54) is 0 Å². The van der Waals surface area contributed by atoms with Crippen molar-refractivity contribution in [2.75, 3.05) is 19.4 Å². The minimum absolute atomic E-state index is 0.0339. The third-order valence-electron chi connectivity index (χ3n) is 4.25. The fourth-order valence-corrected chi connectivity index (χ4v) is 2.99. The third-order valence-corrected chi connectivity index (χ3v) is 4.25. The minimum atomic E-state index is -0.188. The van der Waals surface area contributed by atoms with Crippen molar-refractivity contribution in [2.24, 2.45) is 0 Å². The van der Waals surface area contributed by atoms with Gasteiger partial charge < -0.3 is 15.0 Å². The van der Waals surface area contributed by atoms with Crippen LogP contribution in [0.1, 0.15) is 5.56 Å². The van der Waals surface area contributed by atoms with E-state index in [4.69, 9.17) is 4.74 Å². The van der Waals surface area contributed by atoms with Gasteiger partial charge in [0.1, 0.15) is 11.9 Å². The van der Waals surface area contributed by atoms with Gasteiger partial charge in [-0.15, -0.1) is 0 Å². The molecule has 1 aliphatic heterocycles. The molecule has 1 amide bonds. The molecule has 1 unspecified atom stereocenters. The summed E-state index contributed by atoms with van der Waals surface area (Å²) in [5.74, 6) is 0.774. The van der Waals surface area contributed by atoms with Crippen LogP contribution in [0, 0.1) is 0 Å². The third kappa shape index (κ3) is 2.97. The molecule has 0 bridgehead atoms. The van der Waals surface area contributed by atoms with Crippen molar-refractivity contribution in [3.05, 3.63) is 72.1 Å². The highest BCUT2D eigenvalue weighted by Gasteiger charge is 2.29. The van der Waals surface area contributed by atoms with Crippen molar-refractivity contribution in [1.82, 2.24) is 15.1 Å². The average molecular weight is 346 g/mol. The lowest BCUT2D eigenvalue weighted by Crippen LogP contribution is -2.22. The molecule has 0 radical (unpaired) electrons. The first-order chi connectivity index (χ1) is 12.6. The maximum absolute atomic E-state index is 12.4. The number of benzene rings is 1. The number of amides is 1. The standard InChI is InChI=1S/C20H18N4O2/c1-24(2)20(25)13-4-3-5-18-16(10-13)17-11-14(6-7-19(17)26-18)23-15-8-9-21-22-12-15/h3-12,18H,1-2H3,(H,21,23). The molecule has 26 heavy (non-hydrogen) atoms. The van der Waals surface area contributed by atoms with Gasteiger partial charge in [0.25, 0.3) is 5.91 Å². The van der Waals surface area contributed by atoms with Gasteiger partial charge >= 0.3 is 0 Å². The first kappa shape index (κ1) is 16.1. The molecule has 6 heteroatoms. The van der Waals surface area contributed by atoms with E-state index in [0.29, 0.717) is 5.57 Å². The zero-order chi connectivity index (χ0) is 18.1. The van der Waals surface area contributed by atoms with Crippen LogP contribution >= 0.6 is 0 Å². The van der Waals surface area contributed by atoms with E-state index >= 15 is 0 Å². The molecule has 0 saturated heterocycles. The Kier molecular flexibility index (Phi) is 4.01. The molecule has 0 spiro atoms. The predicted molar refractivity (Wildman–Crippen MR) is 100 cm³/mol. The number of nitrogens with one attached hydrogen (secondary N) is 1. The number of carbonyl (C=O) groups is 1. The number of hydrogen-bond acceptors (Lipinski definition) is 5. The van der Waals surface area contributed by atoms with Gasteiger partial charge in [-0.3, -0.25) is 4.79 Å². The van der Waals surface area contributed by atoms with E-state index in [2.05, 4.69) is 15.5 Å². The lowest BCUT2D eigenvalue weighted by Gasteiger charge is -2.11. The van der Waals surface area contributed by atoms with E-state index in [9.17, 15) is 4.79 Å². The summed E-state index contributed by atoms with van der Waals surface area (Å²) in [6.45, 7) is 0. The highest BCUT2D eigenvalue weighted by molar-refractivity contribution is 6.00. The van der Waals surface area contributed by atoms with Crippen LogP contribution in [0.4, 0.5) is 11.4 Å². The highest BCUT2D eigenvalue weighted by atomic mass is 16.5. The Labute approximate surface area is 151 Å². The average Bonchev–Trinajstić information content (AvgIpc) is 2.84. The number of carbonyl (C=O) groups excluding carboxylic acids is 1. The Morgan fingerprint density at radius 1 is 1.19 bits per heavy atom. The topological polar surface area (TPSA) is 67.3 Å². The van der Waals surface area contributed by atoms with Gasteiger partial charge in [-0.05, 0) is 42.5 Å². The normalized spacial score (nSPS) is 17.2. The highest BCUT2D eigenvalue weighted by Crippen LogP contribution is 2.41. The molecule has 1 aromatic carbocycles. The zero-order valence-electron chi connectivity index (χ0n) is 14.5. The number of ether oxygens (including phenoxy) is 1. The zero-order valence-corrected chi connectivity index (χ0v) is 14.5. The summed E-state index contributed by atoms with van der Waals surface area (Å²) in [6.07, 6.45) is 10.7. The van der Waals surface area contributed by atoms with Crippen molar-refractivity contribution in [1.29, 1.82) is 0 Å². The van der Waals surface area contributed by atoms with E-state index in [1.54, 1.807) is 31.4 Å². The van der Waals surface area contributed by atoms with E-state index in [-0.39, 0.29) is 12.0 Å². The van der Waals surface area contributed by atoms with Gasteiger partial charge in [-0.2, -0.15) is 10.2 Å². The molecule has 130 valence electrons. The molecule has 2 heterocycles. The molecule has 2 aromatic rings. The molecule has 1 aromatic heterocycles. The first-order valence-electron chi connectivity index (χ1n) is 8.28. The van der Waals surface area contributed by atoms with Crippen LogP contribution in [0.2, 0.25) is 0 Å². The molecule has 0 fully saturated rings. The summed E-state index contributed by atoms with van der Waals surface area (Å²) in [4.78, 5) is 13.9. The summed E-state index contributed by atoms with van der Waals surface area (Å²) in [5, 5.41) is 11.0. The fraction of sp³-hybridized carbons (Fsp3) is 0.150. The van der Waals surface area contributed by atoms with Gasteiger partial charge in [-0.25, -0.2) is 0 Å². The van der Waals surface area contributed by atoms with E-state index < -0.39 is 0 Å². The predicted octanol–water partition coefficient (Wildman–Crippen LogP) is 2.95. The number of likely N-dealkylation sites (N-methyl/N-ethyl adjacent to an activating group) is 1. The Morgan fingerprint density at radius 3 is 2.85 bits per heavy atom. The van der Waals surface area contributed by atoms with Crippen LogP contribution in [0.3, 0.4) is 0 Å². The van der Waals surface area contributed by atoms with Crippen molar-refractivity contribution in [3.8, 4) is 5.75 Å². The summed E-state index contributed by atoms with van der Waals surface area (Å²) >= 11 is 0. The summed E-state index contributed by atoms with van der Waals surface area (Å²) < 4.78 is 6.02. The van der Waals surface area contributed by atoms with E-state index in [0.717, 1.165) is 28.3 Å². The molecular formula is C20H18N4O2. The Hall–Kier alpha value is -3.41. The van der Waals surface area contributed by atoms with Crippen molar-refractivity contribution >= 4 is 22.9 Å². The quantitative estimate of drug-likeness (QED) is 0.925. The van der Waals surface area contributed by atoms with Crippen molar-refractivity contribution < 1.29 is 9.53 Å². The molecule has 6 nitrogen and oxygen atoms in total. The van der Waals surface area contributed by atoms with Gasteiger partial charge in [0.05, 0.1) is 18.1 Å². The van der Waals surface area contributed by atoms with E-state index in [1.807, 2.05) is 48.6 Å². The lowest BCUT2D eigenvalue weighted by molar-refractivity contribution is -0.124. The summed E-state index contributed by atoms with van der Waals surface area (Å²) in [6, 6.07) is 7.77. The Bertz CT molecular complexity index is 946.